The summed E-state index contributed by atoms with van der Waals surface area (Å²) in [6, 6.07) is 60.9. The van der Waals surface area contributed by atoms with Crippen LogP contribution in [0.3, 0.4) is 0 Å². The summed E-state index contributed by atoms with van der Waals surface area (Å²) < 4.78 is 15.4. The molecule has 266 valence electrons. The minimum Gasteiger partial charge on any atom is -0.456 e. The predicted molar refractivity (Wildman–Crippen MR) is 234 cm³/mol. The molecule has 0 bridgehead atoms. The van der Waals surface area contributed by atoms with Crippen LogP contribution < -0.4 is 0 Å². The Morgan fingerprint density at radius 3 is 1.72 bits per heavy atom. The molecule has 8 aromatic carbocycles. The number of aromatic nitrogens is 3. The van der Waals surface area contributed by atoms with Gasteiger partial charge in [0, 0.05) is 64.0 Å². The highest BCUT2D eigenvalue weighted by molar-refractivity contribution is 7.25. The molecule has 0 aliphatic heterocycles. The molecule has 12 aromatic rings. The zero-order valence-corrected chi connectivity index (χ0v) is 31.1. The summed E-state index contributed by atoms with van der Waals surface area (Å²) in [5, 5.41) is 6.81. The maximum Gasteiger partial charge on any atom is 0.164 e. The Labute approximate surface area is 330 Å². The van der Waals surface area contributed by atoms with Gasteiger partial charge in [-0.05, 0) is 65.2 Å². The van der Waals surface area contributed by atoms with Gasteiger partial charge < -0.3 is 8.83 Å². The van der Waals surface area contributed by atoms with Gasteiger partial charge >= 0.3 is 0 Å². The molecule has 0 spiro atoms. The Balaban J connectivity index is 0.999. The van der Waals surface area contributed by atoms with Crippen molar-refractivity contribution in [2.45, 2.75) is 0 Å². The van der Waals surface area contributed by atoms with Crippen LogP contribution >= 0.6 is 11.3 Å². The van der Waals surface area contributed by atoms with Gasteiger partial charge in [-0.2, -0.15) is 0 Å². The smallest absolute Gasteiger partial charge is 0.164 e. The minimum absolute atomic E-state index is 0.602. The molecule has 0 atom stereocenters. The second-order valence-electron chi connectivity index (χ2n) is 14.3. The number of nitrogens with zero attached hydrogens (tertiary/aromatic N) is 3. The van der Waals surface area contributed by atoms with Crippen molar-refractivity contribution in [3.8, 4) is 56.4 Å². The second-order valence-corrected chi connectivity index (χ2v) is 15.4. The van der Waals surface area contributed by atoms with Crippen molar-refractivity contribution >= 4 is 75.4 Å². The summed E-state index contributed by atoms with van der Waals surface area (Å²) in [4.78, 5) is 15.1. The molecule has 5 nitrogen and oxygen atoms in total. The van der Waals surface area contributed by atoms with Crippen molar-refractivity contribution in [3.05, 3.63) is 176 Å². The lowest BCUT2D eigenvalue weighted by molar-refractivity contribution is 0.669. The molecular weight excluding hydrogens is 719 g/mol. The molecule has 57 heavy (non-hydrogen) atoms. The molecule has 0 saturated heterocycles. The first-order valence-corrected chi connectivity index (χ1v) is 19.7. The Hall–Kier alpha value is -7.41. The topological polar surface area (TPSA) is 65.0 Å². The quantitative estimate of drug-likeness (QED) is 0.175. The van der Waals surface area contributed by atoms with Crippen molar-refractivity contribution in [3.63, 3.8) is 0 Å². The van der Waals surface area contributed by atoms with Crippen LogP contribution in [0.1, 0.15) is 0 Å². The highest BCUT2D eigenvalue weighted by Gasteiger charge is 2.21. The number of rotatable bonds is 5. The lowest BCUT2D eigenvalue weighted by Gasteiger charge is -2.11. The first-order chi connectivity index (χ1) is 28.2. The van der Waals surface area contributed by atoms with Crippen LogP contribution in [0.2, 0.25) is 0 Å². The summed E-state index contributed by atoms with van der Waals surface area (Å²) >= 11 is 1.83. The van der Waals surface area contributed by atoms with Gasteiger partial charge in [0.25, 0.3) is 0 Å². The molecule has 4 aromatic heterocycles. The molecule has 0 amide bonds. The SMILES string of the molecule is c1ccc(-c2nc(-c3ccc(-c4ccc(-c5cccc6sc7ccccc7c56)c5oc6ccccc6c45)cc3)nc(-c3ccc4oc5ccccc5c4c3)n2)cc1. The maximum atomic E-state index is 6.76. The highest BCUT2D eigenvalue weighted by atomic mass is 32.1. The summed E-state index contributed by atoms with van der Waals surface area (Å²) in [7, 11) is 0. The van der Waals surface area contributed by atoms with Crippen LogP contribution in [-0.4, -0.2) is 15.0 Å². The third kappa shape index (κ3) is 5.12. The van der Waals surface area contributed by atoms with E-state index in [4.69, 9.17) is 23.8 Å². The maximum absolute atomic E-state index is 6.76. The third-order valence-corrected chi connectivity index (χ3v) is 12.1. The minimum atomic E-state index is 0.602. The normalized spacial score (nSPS) is 11.9. The number of thiophene rings is 1. The van der Waals surface area contributed by atoms with Gasteiger partial charge in [-0.15, -0.1) is 11.3 Å². The van der Waals surface area contributed by atoms with E-state index in [1.165, 1.54) is 25.7 Å². The fraction of sp³-hybridized carbons (Fsp3) is 0. The zero-order chi connectivity index (χ0) is 37.5. The van der Waals surface area contributed by atoms with Crippen molar-refractivity contribution < 1.29 is 8.83 Å². The molecular formula is C51H29N3O2S. The van der Waals surface area contributed by atoms with Gasteiger partial charge in [-0.3, -0.25) is 0 Å². The van der Waals surface area contributed by atoms with E-state index in [0.29, 0.717) is 17.5 Å². The van der Waals surface area contributed by atoms with E-state index >= 15 is 0 Å². The molecule has 0 N–H and O–H groups in total. The average molecular weight is 748 g/mol. The molecule has 0 aliphatic rings. The van der Waals surface area contributed by atoms with Gasteiger partial charge in [-0.1, -0.05) is 127 Å². The van der Waals surface area contributed by atoms with Crippen LogP contribution in [0, 0.1) is 0 Å². The molecule has 0 aliphatic carbocycles. The Bertz CT molecular complexity index is 3530. The van der Waals surface area contributed by atoms with Crippen LogP contribution in [0.4, 0.5) is 0 Å². The van der Waals surface area contributed by atoms with E-state index in [1.54, 1.807) is 0 Å². The fourth-order valence-corrected chi connectivity index (χ4v) is 9.43. The van der Waals surface area contributed by atoms with Crippen molar-refractivity contribution in [1.29, 1.82) is 0 Å². The van der Waals surface area contributed by atoms with E-state index in [2.05, 4.69) is 109 Å². The standard InChI is InChI=1S/C51H29N3O2S/c1-2-11-31(12-3-1)49-52-50(54-51(53-49)33-25-28-43-40(29-33)35-13-4-7-17-41(35)55-43)32-23-21-30(22-24-32)34-26-27-37(48-47(34)38-14-5-8-18-42(38)56-48)36-16-10-20-45-46(36)39-15-6-9-19-44(39)57-45/h1-29H. The van der Waals surface area contributed by atoms with E-state index in [1.807, 2.05) is 78.1 Å². The van der Waals surface area contributed by atoms with E-state index in [-0.39, 0.29) is 0 Å². The average Bonchev–Trinajstić information content (AvgIpc) is 3.98. The Morgan fingerprint density at radius 2 is 0.912 bits per heavy atom. The molecule has 0 radical (unpaired) electrons. The number of para-hydroxylation sites is 2. The molecule has 0 unspecified atom stereocenters. The highest BCUT2D eigenvalue weighted by Crippen LogP contribution is 2.46. The second kappa shape index (κ2) is 12.6. The number of hydrogen-bond acceptors (Lipinski definition) is 6. The van der Waals surface area contributed by atoms with Crippen LogP contribution in [-0.2, 0) is 0 Å². The van der Waals surface area contributed by atoms with E-state index in [0.717, 1.165) is 77.3 Å². The van der Waals surface area contributed by atoms with Gasteiger partial charge in [0.2, 0.25) is 0 Å². The Kier molecular flexibility index (Phi) is 7.03. The van der Waals surface area contributed by atoms with Gasteiger partial charge in [0.15, 0.2) is 17.5 Å². The summed E-state index contributed by atoms with van der Waals surface area (Å²) in [5.74, 6) is 1.82. The molecule has 4 heterocycles. The van der Waals surface area contributed by atoms with Crippen molar-refractivity contribution in [2.24, 2.45) is 0 Å². The van der Waals surface area contributed by atoms with Gasteiger partial charge in [0.05, 0.1) is 0 Å². The predicted octanol–water partition coefficient (Wildman–Crippen LogP) is 14.4. The fourth-order valence-electron chi connectivity index (χ4n) is 8.29. The number of benzene rings is 8. The van der Waals surface area contributed by atoms with Crippen LogP contribution in [0.5, 0.6) is 0 Å². The van der Waals surface area contributed by atoms with E-state index < -0.39 is 0 Å². The van der Waals surface area contributed by atoms with Crippen LogP contribution in [0.25, 0.3) is 120 Å². The molecule has 0 fully saturated rings. The summed E-state index contributed by atoms with van der Waals surface area (Å²) in [6.07, 6.45) is 0. The zero-order valence-electron chi connectivity index (χ0n) is 30.3. The van der Waals surface area contributed by atoms with Gasteiger partial charge in [-0.25, -0.2) is 15.0 Å². The number of furan rings is 2. The van der Waals surface area contributed by atoms with Crippen LogP contribution in [0.15, 0.2) is 185 Å². The summed E-state index contributed by atoms with van der Waals surface area (Å²) in [5.41, 5.74) is 10.6. The monoisotopic (exact) mass is 747 g/mol. The number of fused-ring (bicyclic) bond motifs is 9. The third-order valence-electron chi connectivity index (χ3n) is 11.0. The Morgan fingerprint density at radius 1 is 0.333 bits per heavy atom. The molecule has 0 saturated carbocycles. The van der Waals surface area contributed by atoms with Crippen molar-refractivity contribution in [2.75, 3.05) is 0 Å². The first kappa shape index (κ1) is 31.9. The van der Waals surface area contributed by atoms with Gasteiger partial charge in [0.1, 0.15) is 22.3 Å². The van der Waals surface area contributed by atoms with E-state index in [9.17, 15) is 0 Å². The summed E-state index contributed by atoms with van der Waals surface area (Å²) in [6.45, 7) is 0. The molecule has 12 rings (SSSR count). The first-order valence-electron chi connectivity index (χ1n) is 18.9. The molecule has 6 heteroatoms. The number of hydrogen-bond donors (Lipinski definition) is 0. The van der Waals surface area contributed by atoms with Crippen molar-refractivity contribution in [1.82, 2.24) is 15.0 Å². The largest absolute Gasteiger partial charge is 0.456 e. The lowest BCUT2D eigenvalue weighted by Crippen LogP contribution is -2.00. The lowest BCUT2D eigenvalue weighted by atomic mass is 9.92.